The molecule has 12 nitrogen and oxygen atoms in total. The number of likely N-dealkylation sites (N-methyl/N-ethyl adjacent to an activating group) is 2. The number of likely N-dealkylation sites (tertiary alicyclic amines) is 2. The van der Waals surface area contributed by atoms with Crippen molar-refractivity contribution >= 4 is 20.2 Å². The fraction of sp³-hybridized carbons (Fsp3) is 0.600. The van der Waals surface area contributed by atoms with E-state index in [1.165, 1.54) is 24.3 Å². The molecule has 2 aromatic carbocycles. The van der Waals surface area contributed by atoms with Crippen LogP contribution in [-0.2, 0) is 20.2 Å². The smallest absolute Gasteiger partial charge is 0.131 e. The first-order chi connectivity index (χ1) is 20.2. The zero-order valence-electron chi connectivity index (χ0n) is 25.9. The summed E-state index contributed by atoms with van der Waals surface area (Å²) < 4.78 is 63.8. The zero-order chi connectivity index (χ0) is 33.3. The second kappa shape index (κ2) is 16.0. The molecule has 0 aromatic heterocycles. The van der Waals surface area contributed by atoms with Gasteiger partial charge in [-0.1, -0.05) is 35.4 Å². The molecule has 2 fully saturated rings. The standard InChI is InChI=1S/C16H34N2O4.2C7H8O3S/c1-17(7-3-4-8-17)11-13(19)15(21)16(22)14(20)12-18(2)9-5-6-10-18;2*1-6-2-4-7(5-3-6)11(8,9)10/h13-16,19-22H,3-12H2,1-2H3;2*2-5H,1H3,(H,8,9,10)/q+2;;/p-2/t13-,14-,15+,16+;;/m1../s1. The van der Waals surface area contributed by atoms with Crippen LogP contribution in [0.5, 0.6) is 0 Å². The molecule has 0 radical (unpaired) electrons. The third kappa shape index (κ3) is 12.4. The molecule has 4 rings (SSSR count). The molecule has 0 unspecified atom stereocenters. The molecule has 0 amide bonds. The van der Waals surface area contributed by atoms with Crippen LogP contribution in [0.1, 0.15) is 36.8 Å². The predicted octanol–water partition coefficient (Wildman–Crippen LogP) is 0.709. The molecule has 4 N–H and O–H groups in total. The molecule has 0 saturated carbocycles. The van der Waals surface area contributed by atoms with E-state index in [2.05, 4.69) is 14.1 Å². The second-order valence-electron chi connectivity index (χ2n) is 12.6. The van der Waals surface area contributed by atoms with E-state index in [0.29, 0.717) is 13.1 Å². The summed E-state index contributed by atoms with van der Waals surface area (Å²) in [5, 5.41) is 40.9. The van der Waals surface area contributed by atoms with Crippen LogP contribution in [0.3, 0.4) is 0 Å². The van der Waals surface area contributed by atoms with E-state index in [1.807, 2.05) is 13.8 Å². The first-order valence-corrected chi connectivity index (χ1v) is 17.5. The van der Waals surface area contributed by atoms with Gasteiger partial charge in [0.1, 0.15) is 57.7 Å². The Morgan fingerprint density at radius 3 is 1.07 bits per heavy atom. The van der Waals surface area contributed by atoms with Crippen LogP contribution in [-0.4, -0.2) is 133 Å². The Balaban J connectivity index is 0.000000257. The first kappa shape index (κ1) is 38.2. The lowest BCUT2D eigenvalue weighted by atomic mass is 10.0. The summed E-state index contributed by atoms with van der Waals surface area (Å²) in [5.74, 6) is 0. The normalized spacial score (nSPS) is 20.3. The molecule has 44 heavy (non-hydrogen) atoms. The fourth-order valence-corrected chi connectivity index (χ4v) is 6.49. The highest BCUT2D eigenvalue weighted by atomic mass is 32.2. The maximum Gasteiger partial charge on any atom is 0.131 e. The van der Waals surface area contributed by atoms with Crippen molar-refractivity contribution in [3.63, 3.8) is 0 Å². The molecule has 250 valence electrons. The SMILES string of the molecule is C[N+]1(C[C@@H](O)[C@H](O)[C@@H](O)[C@H](O)C[N+]2(C)CCCC2)CCCC1.Cc1ccc(S(=O)(=O)[O-])cc1.Cc1ccc(S(=O)(=O)[O-])cc1. The molecule has 14 heteroatoms. The van der Waals surface area contributed by atoms with Crippen molar-refractivity contribution in [2.75, 3.05) is 53.4 Å². The predicted molar refractivity (Wildman–Crippen MR) is 162 cm³/mol. The Labute approximate surface area is 261 Å². The summed E-state index contributed by atoms with van der Waals surface area (Å²) >= 11 is 0. The summed E-state index contributed by atoms with van der Waals surface area (Å²) in [4.78, 5) is -0.355. The van der Waals surface area contributed by atoms with Gasteiger partial charge in [-0.25, -0.2) is 16.8 Å². The number of aryl methyl sites for hydroxylation is 2. The van der Waals surface area contributed by atoms with Gasteiger partial charge in [-0.05, 0) is 38.1 Å². The van der Waals surface area contributed by atoms with Gasteiger partial charge >= 0.3 is 0 Å². The minimum atomic E-state index is -4.27. The van der Waals surface area contributed by atoms with Gasteiger partial charge in [0.05, 0.1) is 50.1 Å². The molecular weight excluding hydrogens is 612 g/mol. The van der Waals surface area contributed by atoms with Crippen molar-refractivity contribution in [2.24, 2.45) is 0 Å². The van der Waals surface area contributed by atoms with Crippen molar-refractivity contribution in [1.29, 1.82) is 0 Å². The van der Waals surface area contributed by atoms with Crippen molar-refractivity contribution in [1.82, 2.24) is 0 Å². The number of hydrogen-bond acceptors (Lipinski definition) is 10. The van der Waals surface area contributed by atoms with Gasteiger partial charge in [0.2, 0.25) is 0 Å². The molecule has 0 aliphatic carbocycles. The topological polar surface area (TPSA) is 195 Å². The van der Waals surface area contributed by atoms with E-state index in [4.69, 9.17) is 0 Å². The third-order valence-corrected chi connectivity index (χ3v) is 10.0. The van der Waals surface area contributed by atoms with E-state index in [0.717, 1.165) is 72.0 Å². The van der Waals surface area contributed by atoms with Gasteiger partial charge in [-0.15, -0.1) is 0 Å². The Morgan fingerprint density at radius 2 is 0.841 bits per heavy atom. The number of rotatable bonds is 9. The maximum atomic E-state index is 10.4. The van der Waals surface area contributed by atoms with Crippen molar-refractivity contribution in [2.45, 2.75) is 73.7 Å². The first-order valence-electron chi connectivity index (χ1n) is 14.7. The summed E-state index contributed by atoms with van der Waals surface area (Å²) in [6.07, 6.45) is -0.0332. The number of aliphatic hydroxyl groups excluding tert-OH is 4. The number of quaternary nitrogens is 2. The largest absolute Gasteiger partial charge is 0.744 e. The van der Waals surface area contributed by atoms with Crippen LogP contribution in [0.25, 0.3) is 0 Å². The molecule has 2 aliphatic heterocycles. The molecule has 2 aliphatic rings. The molecule has 2 heterocycles. The monoisotopic (exact) mass is 660 g/mol. The minimum absolute atomic E-state index is 0.178. The highest BCUT2D eigenvalue weighted by Crippen LogP contribution is 2.21. The Kier molecular flexibility index (Phi) is 13.9. The van der Waals surface area contributed by atoms with E-state index in [-0.39, 0.29) is 9.79 Å². The summed E-state index contributed by atoms with van der Waals surface area (Å²) in [5.41, 5.74) is 1.86. The quantitative estimate of drug-likeness (QED) is 0.220. The number of nitrogens with zero attached hydrogens (tertiary/aromatic N) is 2. The van der Waals surface area contributed by atoms with Crippen molar-refractivity contribution in [3.05, 3.63) is 59.7 Å². The van der Waals surface area contributed by atoms with Crippen molar-refractivity contribution < 1.29 is 55.3 Å². The Morgan fingerprint density at radius 1 is 0.591 bits per heavy atom. The molecule has 2 aromatic rings. The van der Waals surface area contributed by atoms with Gasteiger partial charge in [-0.2, -0.15) is 0 Å². The van der Waals surface area contributed by atoms with Crippen LogP contribution in [0, 0.1) is 13.8 Å². The van der Waals surface area contributed by atoms with Gasteiger partial charge in [0.15, 0.2) is 0 Å². The van der Waals surface area contributed by atoms with Crippen LogP contribution >= 0.6 is 0 Å². The number of aliphatic hydroxyl groups is 4. The Bertz CT molecular complexity index is 1260. The van der Waals surface area contributed by atoms with Crippen LogP contribution in [0.2, 0.25) is 0 Å². The molecule has 0 spiro atoms. The highest BCUT2D eigenvalue weighted by molar-refractivity contribution is 7.86. The van der Waals surface area contributed by atoms with Crippen LogP contribution < -0.4 is 0 Å². The zero-order valence-corrected chi connectivity index (χ0v) is 27.6. The van der Waals surface area contributed by atoms with E-state index in [9.17, 15) is 46.4 Å². The highest BCUT2D eigenvalue weighted by Gasteiger charge is 2.40. The van der Waals surface area contributed by atoms with Crippen LogP contribution in [0.15, 0.2) is 58.3 Å². The van der Waals surface area contributed by atoms with E-state index in [1.54, 1.807) is 24.3 Å². The molecule has 0 bridgehead atoms. The molecule has 2 saturated heterocycles. The van der Waals surface area contributed by atoms with Crippen LogP contribution in [0.4, 0.5) is 0 Å². The Hall–Kier alpha value is -1.98. The summed E-state index contributed by atoms with van der Waals surface area (Å²) in [6.45, 7) is 8.49. The summed E-state index contributed by atoms with van der Waals surface area (Å²) in [6, 6.07) is 11.6. The lowest BCUT2D eigenvalue weighted by Gasteiger charge is -2.36. The van der Waals surface area contributed by atoms with E-state index < -0.39 is 44.7 Å². The lowest BCUT2D eigenvalue weighted by Crippen LogP contribution is -2.57. The van der Waals surface area contributed by atoms with Gasteiger partial charge in [0.25, 0.3) is 0 Å². The fourth-order valence-electron chi connectivity index (χ4n) is 5.55. The molecular formula is C30H48N2O10S2. The number of hydrogen-bond donors (Lipinski definition) is 4. The average molecular weight is 661 g/mol. The van der Waals surface area contributed by atoms with Gasteiger partial charge < -0.3 is 38.5 Å². The number of benzene rings is 2. The van der Waals surface area contributed by atoms with Gasteiger partial charge in [0, 0.05) is 25.7 Å². The second-order valence-corrected chi connectivity index (χ2v) is 15.3. The van der Waals surface area contributed by atoms with Crippen molar-refractivity contribution in [3.8, 4) is 0 Å². The van der Waals surface area contributed by atoms with Gasteiger partial charge in [-0.3, -0.25) is 0 Å². The minimum Gasteiger partial charge on any atom is -0.744 e. The third-order valence-electron chi connectivity index (χ3n) is 8.31. The average Bonchev–Trinajstić information content (AvgIpc) is 3.55. The molecule has 4 atom stereocenters. The lowest BCUT2D eigenvalue weighted by molar-refractivity contribution is -0.902. The summed E-state index contributed by atoms with van der Waals surface area (Å²) in [7, 11) is -4.40. The maximum absolute atomic E-state index is 10.4. The van der Waals surface area contributed by atoms with E-state index >= 15 is 0 Å².